The predicted molar refractivity (Wildman–Crippen MR) is 110 cm³/mol. The first kappa shape index (κ1) is 18.9. The first-order chi connectivity index (χ1) is 13.6. The Morgan fingerprint density at radius 2 is 2.14 bits per heavy atom. The topological polar surface area (TPSA) is 62.3 Å². The van der Waals surface area contributed by atoms with Gasteiger partial charge in [0, 0.05) is 25.4 Å². The van der Waals surface area contributed by atoms with Gasteiger partial charge >= 0.3 is 0 Å². The Morgan fingerprint density at radius 3 is 2.89 bits per heavy atom. The number of aromatic nitrogens is 1. The van der Waals surface area contributed by atoms with Crippen LogP contribution in [0.15, 0.2) is 42.3 Å². The van der Waals surface area contributed by atoms with E-state index < -0.39 is 0 Å². The first-order valence-electron chi connectivity index (χ1n) is 10.5. The van der Waals surface area contributed by atoms with Crippen molar-refractivity contribution in [2.45, 2.75) is 57.9 Å². The molecule has 2 atom stereocenters. The van der Waals surface area contributed by atoms with Gasteiger partial charge in [0.2, 0.25) is 5.91 Å². The van der Waals surface area contributed by atoms with Crippen LogP contribution in [0.4, 0.5) is 5.82 Å². The molecule has 148 valence electrons. The lowest BCUT2D eigenvalue weighted by Crippen LogP contribution is -2.43. The van der Waals surface area contributed by atoms with Gasteiger partial charge in [0.25, 0.3) is 0 Å². The van der Waals surface area contributed by atoms with Crippen molar-refractivity contribution in [3.63, 3.8) is 0 Å². The smallest absolute Gasteiger partial charge is 0.248 e. The zero-order valence-electron chi connectivity index (χ0n) is 16.6. The Kier molecular flexibility index (Phi) is 5.60. The van der Waals surface area contributed by atoms with E-state index in [9.17, 15) is 9.59 Å². The number of amides is 1. The third-order valence-electron chi connectivity index (χ3n) is 6.28. The highest BCUT2D eigenvalue weighted by molar-refractivity contribution is 5.94. The molecule has 3 aliphatic rings. The quantitative estimate of drug-likeness (QED) is 0.840. The first-order valence-corrected chi connectivity index (χ1v) is 10.5. The van der Waals surface area contributed by atoms with Gasteiger partial charge in [0.1, 0.15) is 17.6 Å². The molecule has 0 saturated heterocycles. The summed E-state index contributed by atoms with van der Waals surface area (Å²) in [6, 6.07) is 3.55. The molecule has 1 saturated carbocycles. The molecule has 1 aromatic heterocycles. The molecule has 28 heavy (non-hydrogen) atoms. The second-order valence-corrected chi connectivity index (χ2v) is 8.41. The van der Waals surface area contributed by atoms with E-state index >= 15 is 0 Å². The molecule has 2 heterocycles. The summed E-state index contributed by atoms with van der Waals surface area (Å²) >= 11 is 0. The van der Waals surface area contributed by atoms with Gasteiger partial charge < -0.3 is 10.2 Å². The van der Waals surface area contributed by atoms with Crippen molar-refractivity contribution in [3.05, 3.63) is 47.8 Å². The lowest BCUT2D eigenvalue weighted by molar-refractivity contribution is -0.123. The van der Waals surface area contributed by atoms with E-state index in [1.807, 2.05) is 37.4 Å². The van der Waals surface area contributed by atoms with Crippen LogP contribution in [0.2, 0.25) is 0 Å². The van der Waals surface area contributed by atoms with E-state index in [4.69, 9.17) is 0 Å². The number of nitrogens with one attached hydrogen (secondary N) is 1. The number of hydrogen-bond donors (Lipinski definition) is 1. The molecule has 1 unspecified atom stereocenters. The third-order valence-corrected chi connectivity index (χ3v) is 6.28. The highest BCUT2D eigenvalue weighted by atomic mass is 16.2. The number of nitrogens with zero attached hydrogens (tertiary/aromatic N) is 2. The lowest BCUT2D eigenvalue weighted by atomic mass is 9.84. The number of rotatable bonds is 5. The van der Waals surface area contributed by atoms with Gasteiger partial charge in [-0.3, -0.25) is 9.59 Å². The molecule has 0 spiro atoms. The molecular weight excluding hydrogens is 350 g/mol. The number of ketones is 1. The summed E-state index contributed by atoms with van der Waals surface area (Å²) in [5.74, 6) is 1.33. The number of hydrogen-bond acceptors (Lipinski definition) is 4. The minimum absolute atomic E-state index is 0.0180. The van der Waals surface area contributed by atoms with Crippen molar-refractivity contribution in [1.29, 1.82) is 0 Å². The Hall–Kier alpha value is -2.43. The molecule has 0 aromatic carbocycles. The summed E-state index contributed by atoms with van der Waals surface area (Å²) < 4.78 is 0. The summed E-state index contributed by atoms with van der Waals surface area (Å²) in [6.07, 6.45) is 15.3. The summed E-state index contributed by atoms with van der Waals surface area (Å²) in [5, 5.41) is 3.02. The van der Waals surface area contributed by atoms with E-state index in [0.29, 0.717) is 24.7 Å². The van der Waals surface area contributed by atoms with Gasteiger partial charge in [-0.15, -0.1) is 0 Å². The van der Waals surface area contributed by atoms with Crippen LogP contribution in [0.25, 0.3) is 0 Å². The van der Waals surface area contributed by atoms with E-state index in [1.165, 1.54) is 32.1 Å². The maximum atomic E-state index is 13.2. The highest BCUT2D eigenvalue weighted by Crippen LogP contribution is 2.34. The van der Waals surface area contributed by atoms with Crippen LogP contribution in [-0.2, 0) is 9.59 Å². The van der Waals surface area contributed by atoms with Crippen LogP contribution in [0.1, 0.15) is 50.5 Å². The number of fused-ring (bicyclic) bond motifs is 1. The monoisotopic (exact) mass is 379 g/mol. The SMILES string of the molecule is Cc1ccnc(NC(=O)[C@H](CC2CCCCC2)N2C=C3C=CCC(=O)C3C2)c1. The summed E-state index contributed by atoms with van der Waals surface area (Å²) in [6.45, 7) is 2.61. The van der Waals surface area contributed by atoms with Gasteiger partial charge in [0.15, 0.2) is 0 Å². The molecular formula is C23H29N3O2. The van der Waals surface area contributed by atoms with Gasteiger partial charge in [-0.25, -0.2) is 4.98 Å². The minimum Gasteiger partial charge on any atom is -0.364 e. The molecule has 1 N–H and O–H groups in total. The predicted octanol–water partition coefficient (Wildman–Crippen LogP) is 4.01. The number of anilines is 1. The van der Waals surface area contributed by atoms with Crippen molar-refractivity contribution < 1.29 is 9.59 Å². The third kappa shape index (κ3) is 4.18. The Bertz CT molecular complexity index is 808. The molecule has 0 radical (unpaired) electrons. The molecule has 1 fully saturated rings. The van der Waals surface area contributed by atoms with E-state index in [0.717, 1.165) is 17.6 Å². The molecule has 4 rings (SSSR count). The Labute approximate surface area is 166 Å². The molecule has 1 aromatic rings. The maximum Gasteiger partial charge on any atom is 0.248 e. The number of aryl methyl sites for hydroxylation is 1. The second kappa shape index (κ2) is 8.29. The average Bonchev–Trinajstić information content (AvgIpc) is 3.12. The fourth-order valence-electron chi connectivity index (χ4n) is 4.71. The number of carbonyl (C=O) groups is 2. The van der Waals surface area contributed by atoms with Crippen LogP contribution in [0, 0.1) is 18.8 Å². The van der Waals surface area contributed by atoms with Gasteiger partial charge in [-0.1, -0.05) is 44.3 Å². The molecule has 0 bridgehead atoms. The maximum absolute atomic E-state index is 13.2. The van der Waals surface area contributed by atoms with Gasteiger partial charge in [-0.2, -0.15) is 0 Å². The molecule has 5 heteroatoms. The van der Waals surface area contributed by atoms with Gasteiger partial charge in [0.05, 0.1) is 5.92 Å². The van der Waals surface area contributed by atoms with E-state index in [-0.39, 0.29) is 23.7 Å². The molecule has 5 nitrogen and oxygen atoms in total. The van der Waals surface area contributed by atoms with Crippen molar-refractivity contribution in [2.24, 2.45) is 11.8 Å². The number of allylic oxidation sites excluding steroid dienone is 2. The highest BCUT2D eigenvalue weighted by Gasteiger charge is 2.37. The molecule has 1 aliphatic heterocycles. The summed E-state index contributed by atoms with van der Waals surface area (Å²) in [5.41, 5.74) is 2.12. The van der Waals surface area contributed by atoms with Crippen LogP contribution >= 0.6 is 0 Å². The zero-order chi connectivity index (χ0) is 19.5. The number of pyridine rings is 1. The van der Waals surface area contributed by atoms with Crippen LogP contribution in [-0.4, -0.2) is 34.2 Å². The van der Waals surface area contributed by atoms with Crippen molar-refractivity contribution in [3.8, 4) is 0 Å². The van der Waals surface area contributed by atoms with Crippen LogP contribution < -0.4 is 5.32 Å². The minimum atomic E-state index is -0.260. The average molecular weight is 380 g/mol. The molecule has 1 amide bonds. The van der Waals surface area contributed by atoms with Crippen molar-refractivity contribution in [1.82, 2.24) is 9.88 Å². The standard InChI is InChI=1S/C23H29N3O2/c1-16-10-11-24-22(12-16)25-23(28)20(13-17-6-3-2-4-7-17)26-14-18-8-5-9-21(27)19(18)15-26/h5,8,10-12,14,17,19-20H,2-4,6-7,9,13,15H2,1H3,(H,24,25,28)/t19?,20-/m0/s1. The Morgan fingerprint density at radius 1 is 1.32 bits per heavy atom. The fraction of sp³-hybridized carbons (Fsp3) is 0.522. The number of Topliss-reactive ketones (excluding diaryl/α,β-unsaturated/α-hetero) is 1. The van der Waals surface area contributed by atoms with Crippen LogP contribution in [0.5, 0.6) is 0 Å². The number of carbonyl (C=O) groups excluding carboxylic acids is 2. The zero-order valence-corrected chi connectivity index (χ0v) is 16.6. The summed E-state index contributed by atoms with van der Waals surface area (Å²) in [7, 11) is 0. The van der Waals surface area contributed by atoms with Crippen LogP contribution in [0.3, 0.4) is 0 Å². The largest absolute Gasteiger partial charge is 0.364 e. The van der Waals surface area contributed by atoms with Crippen molar-refractivity contribution >= 4 is 17.5 Å². The van der Waals surface area contributed by atoms with Gasteiger partial charge in [-0.05, 0) is 42.5 Å². The summed E-state index contributed by atoms with van der Waals surface area (Å²) in [4.78, 5) is 31.9. The fourth-order valence-corrected chi connectivity index (χ4v) is 4.71. The molecule has 2 aliphatic carbocycles. The Balaban J connectivity index is 1.53. The van der Waals surface area contributed by atoms with Crippen molar-refractivity contribution in [2.75, 3.05) is 11.9 Å². The second-order valence-electron chi connectivity index (χ2n) is 8.41. The van der Waals surface area contributed by atoms with E-state index in [2.05, 4.69) is 15.2 Å². The normalized spacial score (nSPS) is 23.3. The van der Waals surface area contributed by atoms with E-state index in [1.54, 1.807) is 6.20 Å². The lowest BCUT2D eigenvalue weighted by Gasteiger charge is -2.32.